The van der Waals surface area contributed by atoms with E-state index in [1.165, 1.54) is 0 Å². The number of aliphatic carboxylic acids is 2. The normalized spacial score (nSPS) is 15.5. The Kier molecular flexibility index (Phi) is 2.97. The van der Waals surface area contributed by atoms with Crippen LogP contribution in [0.25, 0.3) is 0 Å². The predicted molar refractivity (Wildman–Crippen MR) is 31.9 cm³/mol. The van der Waals surface area contributed by atoms with Gasteiger partial charge in [-0.2, -0.15) is 0 Å². The topological polar surface area (TPSA) is 115 Å². The van der Waals surface area contributed by atoms with Crippen LogP contribution in [-0.2, 0) is 9.59 Å². The molecule has 0 saturated carbocycles. The molecule has 0 radical (unpaired) electrons. The van der Waals surface area contributed by atoms with Crippen LogP contribution in [0.5, 0.6) is 0 Å². The third kappa shape index (κ3) is 2.52. The van der Waals surface area contributed by atoms with Gasteiger partial charge >= 0.3 is 11.9 Å². The minimum atomic E-state index is -2.56. The number of carboxylic acids is 2. The molecule has 0 bridgehead atoms. The Labute approximate surface area is 61.7 Å². The van der Waals surface area contributed by atoms with Crippen molar-refractivity contribution in [3.63, 3.8) is 0 Å². The summed E-state index contributed by atoms with van der Waals surface area (Å²) in [6, 6.07) is 0. The summed E-state index contributed by atoms with van der Waals surface area (Å²) in [7, 11) is 0. The van der Waals surface area contributed by atoms with E-state index in [0.717, 1.165) is 0 Å². The summed E-state index contributed by atoms with van der Waals surface area (Å²) in [6.07, 6.45) is -1.02. The zero-order valence-electron chi connectivity index (χ0n) is 5.52. The molecule has 0 aliphatic heterocycles. The lowest BCUT2D eigenvalue weighted by Crippen LogP contribution is -2.44. The Morgan fingerprint density at radius 1 is 1.27 bits per heavy atom. The van der Waals surface area contributed by atoms with Crippen LogP contribution < -0.4 is 0 Å². The van der Waals surface area contributed by atoms with Crippen molar-refractivity contribution in [1.82, 2.24) is 0 Å². The van der Waals surface area contributed by atoms with Crippen LogP contribution in [0.15, 0.2) is 0 Å². The van der Waals surface area contributed by atoms with Gasteiger partial charge in [-0.15, -0.1) is 0 Å². The fourth-order valence-electron chi connectivity index (χ4n) is 0.449. The molecular weight excluding hydrogens is 156 g/mol. The maximum atomic E-state index is 10.1. The molecule has 1 atom stereocenters. The number of rotatable bonds is 4. The lowest BCUT2D eigenvalue weighted by atomic mass is 10.0. The molecule has 0 unspecified atom stereocenters. The molecule has 11 heavy (non-hydrogen) atoms. The van der Waals surface area contributed by atoms with Gasteiger partial charge in [0.25, 0.3) is 0 Å². The molecule has 4 N–H and O–H groups in total. The molecule has 0 aliphatic rings. The second-order valence-corrected chi connectivity index (χ2v) is 2.07. The van der Waals surface area contributed by atoms with Crippen molar-refractivity contribution in [1.29, 1.82) is 0 Å². The average molecular weight is 164 g/mol. The van der Waals surface area contributed by atoms with Gasteiger partial charge in [-0.3, -0.25) is 4.79 Å². The van der Waals surface area contributed by atoms with Crippen LogP contribution in [0.1, 0.15) is 6.42 Å². The van der Waals surface area contributed by atoms with Crippen molar-refractivity contribution in [2.45, 2.75) is 12.0 Å². The zero-order valence-corrected chi connectivity index (χ0v) is 5.52. The Bertz CT molecular complexity index is 176. The minimum absolute atomic E-state index is 1.02. The van der Waals surface area contributed by atoms with Gasteiger partial charge in [0, 0.05) is 0 Å². The number of carboxylic acid groups (broad SMARTS) is 2. The summed E-state index contributed by atoms with van der Waals surface area (Å²) < 4.78 is 0. The Balaban J connectivity index is 4.34. The number of aliphatic hydroxyl groups excluding tert-OH is 1. The van der Waals surface area contributed by atoms with E-state index in [1.807, 2.05) is 0 Å². The largest absolute Gasteiger partial charge is 0.481 e. The van der Waals surface area contributed by atoms with Gasteiger partial charge in [0.1, 0.15) is 0 Å². The molecule has 0 spiro atoms. The smallest absolute Gasteiger partial charge is 0.338 e. The lowest BCUT2D eigenvalue weighted by molar-refractivity contribution is -0.169. The molecule has 6 nitrogen and oxygen atoms in total. The van der Waals surface area contributed by atoms with Crippen molar-refractivity contribution < 1.29 is 30.0 Å². The van der Waals surface area contributed by atoms with E-state index in [4.69, 9.17) is 20.4 Å². The van der Waals surface area contributed by atoms with Gasteiger partial charge in [-0.25, -0.2) is 4.79 Å². The molecule has 0 rings (SSSR count). The van der Waals surface area contributed by atoms with Gasteiger partial charge in [0.2, 0.25) is 0 Å². The van der Waals surface area contributed by atoms with Crippen LogP contribution in [0.3, 0.4) is 0 Å². The predicted octanol–water partition coefficient (Wildman–Crippen LogP) is -1.73. The highest BCUT2D eigenvalue weighted by atomic mass is 16.4. The standard InChI is InChI=1S/C5H8O6/c6-2-5(11,4(9)10)1-3(7)8/h6,11H,1-2H2,(H,7,8)(H,9,10)/t5-/m0/s1. The third-order valence-electron chi connectivity index (χ3n) is 1.10. The van der Waals surface area contributed by atoms with Gasteiger partial charge in [0.05, 0.1) is 13.0 Å². The fraction of sp³-hybridized carbons (Fsp3) is 0.600. The highest BCUT2D eigenvalue weighted by Crippen LogP contribution is 2.08. The van der Waals surface area contributed by atoms with Gasteiger partial charge in [0.15, 0.2) is 5.60 Å². The van der Waals surface area contributed by atoms with Gasteiger partial charge < -0.3 is 20.4 Å². The van der Waals surface area contributed by atoms with E-state index in [2.05, 4.69) is 0 Å². The van der Waals surface area contributed by atoms with E-state index in [-0.39, 0.29) is 0 Å². The molecule has 0 amide bonds. The second-order valence-electron chi connectivity index (χ2n) is 2.07. The Hall–Kier alpha value is -1.14. The highest BCUT2D eigenvalue weighted by molar-refractivity contribution is 5.83. The van der Waals surface area contributed by atoms with Crippen LogP contribution in [0, 0.1) is 0 Å². The molecule has 0 aromatic carbocycles. The fourth-order valence-corrected chi connectivity index (χ4v) is 0.449. The first kappa shape index (κ1) is 9.86. The number of aliphatic hydroxyl groups is 2. The molecule has 0 aromatic rings. The quantitative estimate of drug-likeness (QED) is 0.392. The first-order valence-electron chi connectivity index (χ1n) is 2.71. The SMILES string of the molecule is O=C(O)C[C@](O)(CO)C(=O)O. The molecule has 0 saturated heterocycles. The summed E-state index contributed by atoms with van der Waals surface area (Å²) in [4.78, 5) is 20.1. The van der Waals surface area contributed by atoms with Crippen LogP contribution in [0.4, 0.5) is 0 Å². The molecular formula is C5H8O6. The van der Waals surface area contributed by atoms with Crippen molar-refractivity contribution in [3.05, 3.63) is 0 Å². The van der Waals surface area contributed by atoms with Crippen LogP contribution in [-0.4, -0.2) is 44.6 Å². The lowest BCUT2D eigenvalue weighted by Gasteiger charge is -2.17. The summed E-state index contributed by atoms with van der Waals surface area (Å²) in [6.45, 7) is -1.12. The monoisotopic (exact) mass is 164 g/mol. The molecule has 0 aromatic heterocycles. The molecule has 0 aliphatic carbocycles. The summed E-state index contributed by atoms with van der Waals surface area (Å²) >= 11 is 0. The first-order valence-corrected chi connectivity index (χ1v) is 2.71. The maximum absolute atomic E-state index is 10.1. The number of hydrogen-bond acceptors (Lipinski definition) is 4. The minimum Gasteiger partial charge on any atom is -0.481 e. The molecule has 0 fully saturated rings. The van der Waals surface area contributed by atoms with Crippen molar-refractivity contribution in [3.8, 4) is 0 Å². The van der Waals surface area contributed by atoms with Gasteiger partial charge in [-0.05, 0) is 0 Å². The first-order chi connectivity index (χ1) is 4.92. The van der Waals surface area contributed by atoms with Crippen LogP contribution in [0.2, 0.25) is 0 Å². The van der Waals surface area contributed by atoms with E-state index >= 15 is 0 Å². The molecule has 0 heterocycles. The molecule has 64 valence electrons. The molecule has 6 heteroatoms. The van der Waals surface area contributed by atoms with E-state index in [0.29, 0.717) is 0 Å². The van der Waals surface area contributed by atoms with Gasteiger partial charge in [-0.1, -0.05) is 0 Å². The van der Waals surface area contributed by atoms with Crippen molar-refractivity contribution in [2.24, 2.45) is 0 Å². The summed E-state index contributed by atoms with van der Waals surface area (Å²) in [5.74, 6) is -3.23. The summed E-state index contributed by atoms with van der Waals surface area (Å²) in [5.41, 5.74) is -2.56. The zero-order chi connectivity index (χ0) is 9.07. The van der Waals surface area contributed by atoms with Crippen LogP contribution >= 0.6 is 0 Å². The second kappa shape index (κ2) is 3.31. The van der Waals surface area contributed by atoms with E-state index in [9.17, 15) is 9.59 Å². The Morgan fingerprint density at radius 2 is 1.73 bits per heavy atom. The average Bonchev–Trinajstić information content (AvgIpc) is 1.86. The number of carbonyl (C=O) groups is 2. The van der Waals surface area contributed by atoms with Crippen molar-refractivity contribution >= 4 is 11.9 Å². The highest BCUT2D eigenvalue weighted by Gasteiger charge is 2.37. The maximum Gasteiger partial charge on any atom is 0.338 e. The van der Waals surface area contributed by atoms with E-state index in [1.54, 1.807) is 0 Å². The number of hydrogen-bond donors (Lipinski definition) is 4. The van der Waals surface area contributed by atoms with Crippen molar-refractivity contribution in [2.75, 3.05) is 6.61 Å². The summed E-state index contributed by atoms with van der Waals surface area (Å²) in [5, 5.41) is 33.5. The Morgan fingerprint density at radius 3 is 1.82 bits per heavy atom. The third-order valence-corrected chi connectivity index (χ3v) is 1.10. The van der Waals surface area contributed by atoms with E-state index < -0.39 is 30.6 Å².